The molecule has 118 valence electrons. The molecule has 2 aromatic heterocycles. The van der Waals surface area contributed by atoms with Crippen LogP contribution in [0.1, 0.15) is 18.3 Å². The second-order valence-corrected chi connectivity index (χ2v) is 5.50. The number of rotatable bonds is 4. The molecule has 3 aromatic rings. The van der Waals surface area contributed by atoms with Crippen molar-refractivity contribution >= 4 is 16.8 Å². The van der Waals surface area contributed by atoms with Crippen LogP contribution in [0.4, 0.5) is 0 Å². The van der Waals surface area contributed by atoms with Gasteiger partial charge >= 0.3 is 0 Å². The smallest absolute Gasteiger partial charge is 0.258 e. The maximum atomic E-state index is 11.2. The number of nitrogens with two attached hydrogens (primary N) is 1. The Hall–Kier alpha value is -2.89. The number of hydrogen-bond donors (Lipinski definition) is 1. The molecule has 23 heavy (non-hydrogen) atoms. The second-order valence-electron chi connectivity index (χ2n) is 5.50. The van der Waals surface area contributed by atoms with E-state index in [4.69, 9.17) is 10.5 Å². The van der Waals surface area contributed by atoms with Gasteiger partial charge in [-0.1, -0.05) is 12.1 Å². The van der Waals surface area contributed by atoms with Gasteiger partial charge < -0.3 is 10.5 Å². The summed E-state index contributed by atoms with van der Waals surface area (Å²) in [6.07, 6.45) is -0.722. The van der Waals surface area contributed by atoms with E-state index in [1.807, 2.05) is 44.2 Å². The normalized spacial score (nSPS) is 12.3. The number of aromatic nitrogens is 3. The highest BCUT2D eigenvalue weighted by atomic mass is 16.5. The van der Waals surface area contributed by atoms with Gasteiger partial charge in [0, 0.05) is 11.1 Å². The van der Waals surface area contributed by atoms with Gasteiger partial charge in [0.1, 0.15) is 11.3 Å². The molecule has 0 spiro atoms. The average Bonchev–Trinajstić information content (AvgIpc) is 2.85. The molecule has 0 saturated carbocycles. The molecular formula is C17H18N4O2. The first kappa shape index (κ1) is 15.0. The highest BCUT2D eigenvalue weighted by Gasteiger charge is 2.14. The molecule has 1 amide bonds. The summed E-state index contributed by atoms with van der Waals surface area (Å²) in [5.41, 5.74) is 7.87. The third-order valence-electron chi connectivity index (χ3n) is 3.60. The molecule has 3 rings (SSSR count). The fraction of sp³-hybridized carbons (Fsp3) is 0.235. The minimum Gasteiger partial charge on any atom is -0.479 e. The Kier molecular flexibility index (Phi) is 3.73. The molecule has 0 saturated heterocycles. The van der Waals surface area contributed by atoms with Gasteiger partial charge in [-0.2, -0.15) is 5.10 Å². The topological polar surface area (TPSA) is 83.0 Å². The summed E-state index contributed by atoms with van der Waals surface area (Å²) in [6.45, 7) is 5.53. The summed E-state index contributed by atoms with van der Waals surface area (Å²) < 4.78 is 7.43. The maximum absolute atomic E-state index is 11.2. The summed E-state index contributed by atoms with van der Waals surface area (Å²) in [6, 6.07) is 11.4. The van der Waals surface area contributed by atoms with E-state index in [2.05, 4.69) is 10.1 Å². The monoisotopic (exact) mass is 310 g/mol. The lowest BCUT2D eigenvalue weighted by Crippen LogP contribution is -2.30. The zero-order valence-corrected chi connectivity index (χ0v) is 13.3. The average molecular weight is 310 g/mol. The van der Waals surface area contributed by atoms with Gasteiger partial charge in [-0.15, -0.1) is 0 Å². The van der Waals surface area contributed by atoms with E-state index < -0.39 is 12.0 Å². The summed E-state index contributed by atoms with van der Waals surface area (Å²) in [4.78, 5) is 15.9. The summed E-state index contributed by atoms with van der Waals surface area (Å²) >= 11 is 0. The van der Waals surface area contributed by atoms with Crippen molar-refractivity contribution in [1.82, 2.24) is 14.8 Å². The minimum absolute atomic E-state index is 0.517. The van der Waals surface area contributed by atoms with Crippen molar-refractivity contribution in [1.29, 1.82) is 0 Å². The number of hydrogen-bond acceptors (Lipinski definition) is 4. The lowest BCUT2D eigenvalue weighted by Gasteiger charge is -2.13. The largest absolute Gasteiger partial charge is 0.479 e. The van der Waals surface area contributed by atoms with Crippen LogP contribution in [0.25, 0.3) is 16.7 Å². The van der Waals surface area contributed by atoms with Crippen LogP contribution in [-0.2, 0) is 4.79 Å². The predicted octanol–water partition coefficient (Wildman–Crippen LogP) is 2.29. The van der Waals surface area contributed by atoms with Crippen molar-refractivity contribution in [2.45, 2.75) is 26.9 Å². The Bertz CT molecular complexity index is 885. The highest BCUT2D eigenvalue weighted by molar-refractivity contribution is 5.86. The molecular weight excluding hydrogens is 292 g/mol. The van der Waals surface area contributed by atoms with Crippen molar-refractivity contribution in [3.05, 3.63) is 47.8 Å². The third kappa shape index (κ3) is 2.88. The first-order chi connectivity index (χ1) is 11.0. The zero-order chi connectivity index (χ0) is 16.6. The van der Waals surface area contributed by atoms with Gasteiger partial charge in [-0.3, -0.25) is 4.79 Å². The fourth-order valence-corrected chi connectivity index (χ4v) is 2.43. The Morgan fingerprint density at radius 3 is 2.70 bits per heavy atom. The molecule has 1 aromatic carbocycles. The van der Waals surface area contributed by atoms with E-state index >= 15 is 0 Å². The van der Waals surface area contributed by atoms with E-state index in [9.17, 15) is 4.79 Å². The first-order valence-electron chi connectivity index (χ1n) is 7.35. The lowest BCUT2D eigenvalue weighted by atomic mass is 10.2. The third-order valence-corrected chi connectivity index (χ3v) is 3.60. The van der Waals surface area contributed by atoms with Gasteiger partial charge in [0.25, 0.3) is 5.91 Å². The van der Waals surface area contributed by atoms with Crippen LogP contribution in [-0.4, -0.2) is 26.8 Å². The van der Waals surface area contributed by atoms with Crippen molar-refractivity contribution in [3.8, 4) is 11.6 Å². The van der Waals surface area contributed by atoms with E-state index in [1.54, 1.807) is 17.7 Å². The highest BCUT2D eigenvalue weighted by Crippen LogP contribution is 2.26. The number of ether oxygens (including phenoxy) is 1. The fourth-order valence-electron chi connectivity index (χ4n) is 2.43. The van der Waals surface area contributed by atoms with Gasteiger partial charge in [0.15, 0.2) is 11.9 Å². The quantitative estimate of drug-likeness (QED) is 0.801. The van der Waals surface area contributed by atoms with Crippen LogP contribution in [0.2, 0.25) is 0 Å². The molecule has 6 nitrogen and oxygen atoms in total. The SMILES string of the molecule is Cc1cc(C)n(-c2ccc3cccc(OC(C)C(N)=O)c3n2)n1. The Labute approximate surface area is 133 Å². The van der Waals surface area contributed by atoms with Crippen molar-refractivity contribution in [2.75, 3.05) is 0 Å². The molecule has 1 unspecified atom stereocenters. The lowest BCUT2D eigenvalue weighted by molar-refractivity contribution is -0.123. The predicted molar refractivity (Wildman–Crippen MR) is 87.6 cm³/mol. The van der Waals surface area contributed by atoms with E-state index in [0.717, 1.165) is 16.8 Å². The number of carbonyl (C=O) groups is 1. The van der Waals surface area contributed by atoms with Gasteiger partial charge in [-0.25, -0.2) is 9.67 Å². The maximum Gasteiger partial charge on any atom is 0.258 e. The Morgan fingerprint density at radius 2 is 2.04 bits per heavy atom. The summed E-state index contributed by atoms with van der Waals surface area (Å²) in [7, 11) is 0. The number of primary amides is 1. The number of nitrogens with zero attached hydrogens (tertiary/aromatic N) is 3. The number of carbonyl (C=O) groups excluding carboxylic acids is 1. The van der Waals surface area contributed by atoms with Crippen molar-refractivity contribution in [3.63, 3.8) is 0 Å². The molecule has 0 aliphatic carbocycles. The molecule has 0 bridgehead atoms. The number of para-hydroxylation sites is 1. The van der Waals surface area contributed by atoms with E-state index in [0.29, 0.717) is 17.1 Å². The molecule has 0 aliphatic rings. The molecule has 0 radical (unpaired) electrons. The standard InChI is InChI=1S/C17H18N4O2/c1-10-9-11(2)21(20-10)15-8-7-13-5-4-6-14(16(13)19-15)23-12(3)17(18)22/h4-9,12H,1-3H3,(H2,18,22). The Balaban J connectivity index is 2.10. The van der Waals surface area contributed by atoms with Gasteiger partial charge in [0.2, 0.25) is 0 Å². The number of pyridine rings is 1. The van der Waals surface area contributed by atoms with Crippen molar-refractivity contribution < 1.29 is 9.53 Å². The first-order valence-corrected chi connectivity index (χ1v) is 7.35. The van der Waals surface area contributed by atoms with Crippen LogP contribution in [0, 0.1) is 13.8 Å². The van der Waals surface area contributed by atoms with E-state index in [-0.39, 0.29) is 0 Å². The van der Waals surface area contributed by atoms with Gasteiger partial charge in [0.05, 0.1) is 5.69 Å². The summed E-state index contributed by atoms with van der Waals surface area (Å²) in [5, 5.41) is 5.37. The van der Waals surface area contributed by atoms with Gasteiger partial charge in [-0.05, 0) is 45.0 Å². The van der Waals surface area contributed by atoms with Crippen LogP contribution < -0.4 is 10.5 Å². The molecule has 2 N–H and O–H groups in total. The van der Waals surface area contributed by atoms with Crippen LogP contribution >= 0.6 is 0 Å². The number of benzene rings is 1. The summed E-state index contributed by atoms with van der Waals surface area (Å²) in [5.74, 6) is 0.708. The zero-order valence-electron chi connectivity index (χ0n) is 13.3. The van der Waals surface area contributed by atoms with Crippen molar-refractivity contribution in [2.24, 2.45) is 5.73 Å². The van der Waals surface area contributed by atoms with Crippen LogP contribution in [0.5, 0.6) is 5.75 Å². The second kappa shape index (κ2) is 5.72. The van der Waals surface area contributed by atoms with E-state index in [1.165, 1.54) is 0 Å². The number of fused-ring (bicyclic) bond motifs is 1. The molecule has 2 heterocycles. The van der Waals surface area contributed by atoms with Crippen LogP contribution in [0.15, 0.2) is 36.4 Å². The van der Waals surface area contributed by atoms with Crippen LogP contribution in [0.3, 0.4) is 0 Å². The molecule has 0 aliphatic heterocycles. The number of aryl methyl sites for hydroxylation is 2. The number of amides is 1. The Morgan fingerprint density at radius 1 is 1.26 bits per heavy atom. The molecule has 6 heteroatoms. The minimum atomic E-state index is -0.722. The molecule has 1 atom stereocenters. The molecule has 0 fully saturated rings.